The predicted molar refractivity (Wildman–Crippen MR) is 40.4 cm³/mol. The summed E-state index contributed by atoms with van der Waals surface area (Å²) in [6, 6.07) is 0. The first-order valence-electron chi connectivity index (χ1n) is 3.43. The van der Waals surface area contributed by atoms with Crippen LogP contribution in [0.15, 0.2) is 12.7 Å². The van der Waals surface area contributed by atoms with Crippen LogP contribution >= 0.6 is 0 Å². The molecular formula is C7H13NO3. The number of carboxylic acid groups (broad SMARTS) is 1. The molecule has 11 heavy (non-hydrogen) atoms. The van der Waals surface area contributed by atoms with Gasteiger partial charge in [-0.25, -0.2) is 0 Å². The van der Waals surface area contributed by atoms with Gasteiger partial charge >= 0.3 is 5.97 Å². The molecule has 64 valence electrons. The van der Waals surface area contributed by atoms with Crippen LogP contribution in [-0.4, -0.2) is 34.4 Å². The number of carboxylic acids is 1. The lowest BCUT2D eigenvalue weighted by Gasteiger charge is -2.10. The summed E-state index contributed by atoms with van der Waals surface area (Å²) in [7, 11) is 0. The number of rotatable bonds is 6. The van der Waals surface area contributed by atoms with Crippen LogP contribution in [-0.2, 0) is 4.79 Å². The average molecular weight is 159 g/mol. The highest BCUT2D eigenvalue weighted by Crippen LogP contribution is 1.91. The molecule has 0 bridgehead atoms. The normalized spacial score (nSPS) is 10.0. The Labute approximate surface area is 65.7 Å². The van der Waals surface area contributed by atoms with Crippen molar-refractivity contribution in [2.75, 3.05) is 13.1 Å². The molecule has 0 radical (unpaired) electrons. The summed E-state index contributed by atoms with van der Waals surface area (Å²) in [5.74, 6) is -0.836. The Kier molecular flexibility index (Phi) is 5.42. The summed E-state index contributed by atoms with van der Waals surface area (Å²) in [6.07, 6.45) is 2.11. The van der Waals surface area contributed by atoms with Crippen LogP contribution in [0, 0.1) is 0 Å². The van der Waals surface area contributed by atoms with Gasteiger partial charge in [-0.1, -0.05) is 6.08 Å². The van der Waals surface area contributed by atoms with Crippen molar-refractivity contribution in [3.8, 4) is 0 Å². The van der Waals surface area contributed by atoms with E-state index in [0.717, 1.165) is 5.06 Å². The van der Waals surface area contributed by atoms with Gasteiger partial charge in [-0.2, -0.15) is 5.06 Å². The van der Waals surface area contributed by atoms with Gasteiger partial charge in [0.25, 0.3) is 0 Å². The van der Waals surface area contributed by atoms with Crippen LogP contribution in [0.25, 0.3) is 0 Å². The highest BCUT2D eigenvalue weighted by Gasteiger charge is 1.99. The van der Waals surface area contributed by atoms with Crippen LogP contribution in [0.2, 0.25) is 0 Å². The van der Waals surface area contributed by atoms with Crippen molar-refractivity contribution >= 4 is 5.97 Å². The molecule has 0 unspecified atom stereocenters. The molecule has 0 saturated heterocycles. The number of hydrogen-bond donors (Lipinski definition) is 2. The Morgan fingerprint density at radius 1 is 1.64 bits per heavy atom. The maximum Gasteiger partial charge on any atom is 0.303 e. The molecule has 4 nitrogen and oxygen atoms in total. The Hall–Kier alpha value is -0.870. The smallest absolute Gasteiger partial charge is 0.303 e. The topological polar surface area (TPSA) is 60.8 Å². The second-order valence-electron chi connectivity index (χ2n) is 2.20. The summed E-state index contributed by atoms with van der Waals surface area (Å²) in [5, 5.41) is 18.2. The van der Waals surface area contributed by atoms with E-state index < -0.39 is 5.97 Å². The van der Waals surface area contributed by atoms with Gasteiger partial charge in [0.2, 0.25) is 0 Å². The summed E-state index contributed by atoms with van der Waals surface area (Å²) in [5.41, 5.74) is 0. The number of hydrogen-bond acceptors (Lipinski definition) is 3. The van der Waals surface area contributed by atoms with Crippen LogP contribution in [0.3, 0.4) is 0 Å². The average Bonchev–Trinajstić information content (AvgIpc) is 1.87. The lowest BCUT2D eigenvalue weighted by atomic mass is 10.3. The minimum absolute atomic E-state index is 0.0915. The van der Waals surface area contributed by atoms with E-state index in [-0.39, 0.29) is 6.42 Å². The molecule has 0 saturated carbocycles. The molecule has 0 aromatic heterocycles. The van der Waals surface area contributed by atoms with Crippen LogP contribution in [0.5, 0.6) is 0 Å². The van der Waals surface area contributed by atoms with E-state index in [2.05, 4.69) is 6.58 Å². The molecule has 0 heterocycles. The van der Waals surface area contributed by atoms with Gasteiger partial charge in [-0.15, -0.1) is 6.58 Å². The molecule has 2 N–H and O–H groups in total. The fraction of sp³-hybridized carbons (Fsp3) is 0.571. The van der Waals surface area contributed by atoms with E-state index in [9.17, 15) is 4.79 Å². The fourth-order valence-electron chi connectivity index (χ4n) is 0.653. The van der Waals surface area contributed by atoms with Gasteiger partial charge in [0.15, 0.2) is 0 Å². The molecular weight excluding hydrogens is 146 g/mol. The third-order valence-electron chi connectivity index (χ3n) is 1.15. The van der Waals surface area contributed by atoms with Gasteiger partial charge in [-0.05, 0) is 6.42 Å². The molecule has 0 aromatic rings. The number of aliphatic carboxylic acids is 1. The number of nitrogens with zero attached hydrogens (tertiary/aromatic N) is 1. The van der Waals surface area contributed by atoms with Gasteiger partial charge in [0.05, 0.1) is 0 Å². The first-order valence-corrected chi connectivity index (χ1v) is 3.43. The first kappa shape index (κ1) is 10.1. The molecule has 0 aliphatic carbocycles. The molecule has 0 aromatic carbocycles. The second-order valence-corrected chi connectivity index (χ2v) is 2.20. The Morgan fingerprint density at radius 3 is 2.73 bits per heavy atom. The van der Waals surface area contributed by atoms with Crippen molar-refractivity contribution in [3.05, 3.63) is 12.7 Å². The van der Waals surface area contributed by atoms with Gasteiger partial charge in [0, 0.05) is 19.5 Å². The van der Waals surface area contributed by atoms with Crippen molar-refractivity contribution in [2.24, 2.45) is 0 Å². The van der Waals surface area contributed by atoms with E-state index in [1.54, 1.807) is 6.08 Å². The zero-order chi connectivity index (χ0) is 8.69. The second kappa shape index (κ2) is 5.88. The highest BCUT2D eigenvalue weighted by molar-refractivity contribution is 5.66. The number of hydroxylamine groups is 2. The maximum atomic E-state index is 10.0. The minimum atomic E-state index is -0.836. The Balaban J connectivity index is 3.23. The molecule has 0 aliphatic heterocycles. The van der Waals surface area contributed by atoms with Gasteiger partial charge < -0.3 is 10.3 Å². The summed E-state index contributed by atoms with van der Waals surface area (Å²) in [4.78, 5) is 10.0. The molecule has 4 heteroatoms. The zero-order valence-corrected chi connectivity index (χ0v) is 6.36. The Morgan fingerprint density at radius 2 is 2.27 bits per heavy atom. The van der Waals surface area contributed by atoms with E-state index in [1.807, 2.05) is 0 Å². The zero-order valence-electron chi connectivity index (χ0n) is 6.36. The molecule has 0 rings (SSSR count). The largest absolute Gasteiger partial charge is 0.481 e. The van der Waals surface area contributed by atoms with Crippen molar-refractivity contribution in [3.63, 3.8) is 0 Å². The van der Waals surface area contributed by atoms with Crippen LogP contribution < -0.4 is 0 Å². The predicted octanol–water partition coefficient (Wildman–Crippen LogP) is 0.728. The lowest BCUT2D eigenvalue weighted by Crippen LogP contribution is -2.20. The van der Waals surface area contributed by atoms with Crippen molar-refractivity contribution in [1.82, 2.24) is 5.06 Å². The van der Waals surface area contributed by atoms with Gasteiger partial charge in [-0.3, -0.25) is 4.79 Å². The Bertz CT molecular complexity index is 136. The SMILES string of the molecule is C=CCN(O)CCCC(=O)O. The van der Waals surface area contributed by atoms with E-state index in [0.29, 0.717) is 19.5 Å². The third kappa shape index (κ3) is 7.02. The van der Waals surface area contributed by atoms with Crippen LogP contribution in [0.4, 0.5) is 0 Å². The van der Waals surface area contributed by atoms with Crippen molar-refractivity contribution in [2.45, 2.75) is 12.8 Å². The fourth-order valence-corrected chi connectivity index (χ4v) is 0.653. The van der Waals surface area contributed by atoms with Crippen molar-refractivity contribution < 1.29 is 15.1 Å². The number of carbonyl (C=O) groups is 1. The monoisotopic (exact) mass is 159 g/mol. The lowest BCUT2D eigenvalue weighted by molar-refractivity contribution is -0.137. The maximum absolute atomic E-state index is 10.0. The minimum Gasteiger partial charge on any atom is -0.481 e. The van der Waals surface area contributed by atoms with E-state index >= 15 is 0 Å². The summed E-state index contributed by atoms with van der Waals surface area (Å²) < 4.78 is 0. The molecule has 0 aliphatic rings. The highest BCUT2D eigenvalue weighted by atomic mass is 16.5. The van der Waals surface area contributed by atoms with Gasteiger partial charge in [0.1, 0.15) is 0 Å². The quantitative estimate of drug-likeness (QED) is 0.443. The third-order valence-corrected chi connectivity index (χ3v) is 1.15. The van der Waals surface area contributed by atoms with E-state index in [4.69, 9.17) is 10.3 Å². The summed E-state index contributed by atoms with van der Waals surface area (Å²) >= 11 is 0. The van der Waals surface area contributed by atoms with Crippen molar-refractivity contribution in [1.29, 1.82) is 0 Å². The first-order chi connectivity index (χ1) is 5.16. The van der Waals surface area contributed by atoms with E-state index in [1.165, 1.54) is 0 Å². The molecule has 0 spiro atoms. The molecule has 0 fully saturated rings. The molecule has 0 amide bonds. The standard InChI is InChI=1S/C7H13NO3/c1-2-5-8(11)6-3-4-7(9)10/h2,11H,1,3-6H2,(H,9,10). The summed E-state index contributed by atoms with van der Waals surface area (Å²) in [6.45, 7) is 4.17. The molecule has 0 atom stereocenters. The van der Waals surface area contributed by atoms with Crippen LogP contribution in [0.1, 0.15) is 12.8 Å².